The number of aryl methyl sites for hydroxylation is 2. The standard InChI is InChI=1S/C30H37N7O4/c1-2-26(29-32-33-34-37(29)12-9-22-7-4-3-5-8-22)36(11-6-10-35-13-15-39-16-14-35)20-24-17-23-18-27-28(41-21-40-27)19-25(23)31-30(24)38/h3-5,7-8,17-19,26H,2,6,9-16,20-21H2,1H3,(H,31,38)/t26-/m1/s1. The second kappa shape index (κ2) is 12.8. The van der Waals surface area contributed by atoms with Gasteiger partial charge in [-0.1, -0.05) is 37.3 Å². The number of benzene rings is 2. The zero-order chi connectivity index (χ0) is 28.0. The molecule has 0 amide bonds. The topological polar surface area (TPSA) is 111 Å². The lowest BCUT2D eigenvalue weighted by Gasteiger charge is -2.32. The third-order valence-electron chi connectivity index (χ3n) is 7.95. The molecule has 2 aromatic carbocycles. The maximum absolute atomic E-state index is 13.3. The summed E-state index contributed by atoms with van der Waals surface area (Å²) in [5, 5.41) is 13.8. The molecule has 6 rings (SSSR count). The lowest BCUT2D eigenvalue weighted by Crippen LogP contribution is -2.39. The van der Waals surface area contributed by atoms with Crippen LogP contribution in [0.15, 0.2) is 53.3 Å². The van der Waals surface area contributed by atoms with Gasteiger partial charge >= 0.3 is 0 Å². The second-order valence-electron chi connectivity index (χ2n) is 10.6. The summed E-state index contributed by atoms with van der Waals surface area (Å²) in [6, 6.07) is 16.1. The summed E-state index contributed by atoms with van der Waals surface area (Å²) in [5.41, 5.74) is 2.57. The van der Waals surface area contributed by atoms with E-state index in [0.717, 1.165) is 75.4 Å². The highest BCUT2D eigenvalue weighted by molar-refractivity contribution is 5.83. The van der Waals surface area contributed by atoms with Crippen LogP contribution in [0.25, 0.3) is 10.9 Å². The SMILES string of the molecule is CC[C@H](c1nnnn1CCc1ccccc1)N(CCCN1CCOCC1)Cc1cc2cc3c(cc2[nH]c1=O)OCO3. The zero-order valence-corrected chi connectivity index (χ0v) is 23.5. The molecule has 0 aliphatic carbocycles. The third kappa shape index (κ3) is 6.42. The van der Waals surface area contributed by atoms with Crippen molar-refractivity contribution < 1.29 is 14.2 Å². The monoisotopic (exact) mass is 559 g/mol. The van der Waals surface area contributed by atoms with Crippen LogP contribution < -0.4 is 15.0 Å². The highest BCUT2D eigenvalue weighted by atomic mass is 16.7. The van der Waals surface area contributed by atoms with Gasteiger partial charge in [-0.3, -0.25) is 14.6 Å². The number of H-pyrrole nitrogens is 1. The Balaban J connectivity index is 1.25. The molecule has 11 nitrogen and oxygen atoms in total. The van der Waals surface area contributed by atoms with Gasteiger partial charge in [0.15, 0.2) is 17.3 Å². The summed E-state index contributed by atoms with van der Waals surface area (Å²) in [5.74, 6) is 2.18. The summed E-state index contributed by atoms with van der Waals surface area (Å²) in [4.78, 5) is 21.1. The summed E-state index contributed by atoms with van der Waals surface area (Å²) in [6.07, 6.45) is 2.62. The number of nitrogens with one attached hydrogen (secondary N) is 1. The van der Waals surface area contributed by atoms with E-state index >= 15 is 0 Å². The van der Waals surface area contributed by atoms with Crippen molar-refractivity contribution in [2.24, 2.45) is 0 Å². The largest absolute Gasteiger partial charge is 0.454 e. The van der Waals surface area contributed by atoms with Crippen LogP contribution in [0.2, 0.25) is 0 Å². The number of fused-ring (bicyclic) bond motifs is 2. The molecule has 2 aromatic heterocycles. The molecule has 0 radical (unpaired) electrons. The Morgan fingerprint density at radius 3 is 2.66 bits per heavy atom. The maximum Gasteiger partial charge on any atom is 0.252 e. The van der Waals surface area contributed by atoms with Crippen molar-refractivity contribution in [3.63, 3.8) is 0 Å². The minimum absolute atomic E-state index is 0.0442. The van der Waals surface area contributed by atoms with E-state index in [1.807, 2.05) is 28.9 Å². The Bertz CT molecular complexity index is 1500. The average molecular weight is 560 g/mol. The molecule has 1 N–H and O–H groups in total. The minimum atomic E-state index is -0.104. The number of nitrogens with zero attached hydrogens (tertiary/aromatic N) is 6. The van der Waals surface area contributed by atoms with Gasteiger partial charge in [0, 0.05) is 49.7 Å². The number of pyridine rings is 1. The first-order chi connectivity index (χ1) is 20.2. The molecule has 0 spiro atoms. The predicted molar refractivity (Wildman–Crippen MR) is 154 cm³/mol. The molecule has 0 saturated carbocycles. The minimum Gasteiger partial charge on any atom is -0.454 e. The van der Waals surface area contributed by atoms with E-state index in [1.165, 1.54) is 5.56 Å². The molecule has 216 valence electrons. The van der Waals surface area contributed by atoms with E-state index in [-0.39, 0.29) is 18.4 Å². The fourth-order valence-electron chi connectivity index (χ4n) is 5.74. The number of morpholine rings is 1. The second-order valence-corrected chi connectivity index (χ2v) is 10.6. The van der Waals surface area contributed by atoms with E-state index in [4.69, 9.17) is 14.2 Å². The van der Waals surface area contributed by atoms with Gasteiger partial charge in [0.2, 0.25) is 6.79 Å². The first kappa shape index (κ1) is 27.4. The van der Waals surface area contributed by atoms with Crippen molar-refractivity contribution in [2.75, 3.05) is 46.2 Å². The Hall–Kier alpha value is -3.80. The molecule has 2 aliphatic heterocycles. The van der Waals surface area contributed by atoms with E-state index < -0.39 is 0 Å². The van der Waals surface area contributed by atoms with Crippen LogP contribution in [-0.4, -0.2) is 81.2 Å². The number of aromatic nitrogens is 5. The molecule has 4 heterocycles. The number of hydrogen-bond acceptors (Lipinski definition) is 9. The summed E-state index contributed by atoms with van der Waals surface area (Å²) in [6.45, 7) is 8.77. The normalized spacial score (nSPS) is 16.0. The number of hydrogen-bond donors (Lipinski definition) is 1. The van der Waals surface area contributed by atoms with Crippen LogP contribution in [0.1, 0.15) is 42.8 Å². The highest BCUT2D eigenvalue weighted by Gasteiger charge is 2.26. The highest BCUT2D eigenvalue weighted by Crippen LogP contribution is 2.35. The van der Waals surface area contributed by atoms with Crippen molar-refractivity contribution in [1.29, 1.82) is 0 Å². The van der Waals surface area contributed by atoms with Crippen LogP contribution in [0.5, 0.6) is 11.5 Å². The van der Waals surface area contributed by atoms with Gasteiger partial charge in [-0.25, -0.2) is 4.68 Å². The lowest BCUT2D eigenvalue weighted by atomic mass is 10.1. The summed E-state index contributed by atoms with van der Waals surface area (Å²) >= 11 is 0. The third-order valence-corrected chi connectivity index (χ3v) is 7.95. The molecule has 0 bridgehead atoms. The van der Waals surface area contributed by atoms with E-state index in [0.29, 0.717) is 30.2 Å². The van der Waals surface area contributed by atoms with Gasteiger partial charge in [-0.2, -0.15) is 0 Å². The maximum atomic E-state index is 13.3. The van der Waals surface area contributed by atoms with Crippen LogP contribution in [-0.2, 0) is 24.2 Å². The van der Waals surface area contributed by atoms with Crippen LogP contribution in [0, 0.1) is 0 Å². The quantitative estimate of drug-likeness (QED) is 0.280. The summed E-state index contributed by atoms with van der Waals surface area (Å²) < 4.78 is 18.5. The van der Waals surface area contributed by atoms with Gasteiger partial charge < -0.3 is 19.2 Å². The fourth-order valence-corrected chi connectivity index (χ4v) is 5.74. The van der Waals surface area contributed by atoms with Crippen molar-refractivity contribution in [2.45, 2.75) is 45.3 Å². The number of rotatable bonds is 12. The summed E-state index contributed by atoms with van der Waals surface area (Å²) in [7, 11) is 0. The molecule has 1 atom stereocenters. The Morgan fingerprint density at radius 1 is 1.05 bits per heavy atom. The van der Waals surface area contributed by atoms with Gasteiger partial charge in [0.1, 0.15) is 0 Å². The molecule has 2 aliphatic rings. The molecule has 41 heavy (non-hydrogen) atoms. The van der Waals surface area contributed by atoms with Crippen LogP contribution in [0.3, 0.4) is 0 Å². The molecule has 1 saturated heterocycles. The number of tetrazole rings is 1. The number of ether oxygens (including phenoxy) is 3. The molecular weight excluding hydrogens is 522 g/mol. The van der Waals surface area contributed by atoms with E-state index in [1.54, 1.807) is 0 Å². The van der Waals surface area contributed by atoms with Crippen LogP contribution >= 0.6 is 0 Å². The van der Waals surface area contributed by atoms with Crippen molar-refractivity contribution >= 4 is 10.9 Å². The fraction of sp³-hybridized carbons (Fsp3) is 0.467. The smallest absolute Gasteiger partial charge is 0.252 e. The van der Waals surface area contributed by atoms with Gasteiger partial charge in [0.25, 0.3) is 5.56 Å². The molecule has 0 unspecified atom stereocenters. The van der Waals surface area contributed by atoms with Crippen LogP contribution in [0.4, 0.5) is 0 Å². The first-order valence-corrected chi connectivity index (χ1v) is 14.5. The van der Waals surface area contributed by atoms with E-state index in [2.05, 4.69) is 61.5 Å². The van der Waals surface area contributed by atoms with Crippen molar-refractivity contribution in [1.82, 2.24) is 35.0 Å². The first-order valence-electron chi connectivity index (χ1n) is 14.5. The Morgan fingerprint density at radius 2 is 1.85 bits per heavy atom. The van der Waals surface area contributed by atoms with Crippen molar-refractivity contribution in [3.8, 4) is 11.5 Å². The van der Waals surface area contributed by atoms with Gasteiger partial charge in [0.05, 0.1) is 24.8 Å². The van der Waals surface area contributed by atoms with Gasteiger partial charge in [-0.15, -0.1) is 5.10 Å². The molecule has 4 aromatic rings. The van der Waals surface area contributed by atoms with E-state index in [9.17, 15) is 4.79 Å². The average Bonchev–Trinajstić information content (AvgIpc) is 3.66. The lowest BCUT2D eigenvalue weighted by molar-refractivity contribution is 0.0349. The number of aromatic amines is 1. The molecular formula is C30H37N7O4. The van der Waals surface area contributed by atoms with Gasteiger partial charge in [-0.05, 0) is 53.9 Å². The Kier molecular flexibility index (Phi) is 8.54. The molecule has 1 fully saturated rings. The Labute approximate surface area is 239 Å². The molecule has 11 heteroatoms. The van der Waals surface area contributed by atoms with Crippen molar-refractivity contribution in [3.05, 3.63) is 75.8 Å². The zero-order valence-electron chi connectivity index (χ0n) is 23.5. The predicted octanol–water partition coefficient (Wildman–Crippen LogP) is 3.16.